The van der Waals surface area contributed by atoms with Crippen molar-refractivity contribution in [3.63, 3.8) is 0 Å². The fourth-order valence-electron chi connectivity index (χ4n) is 3.23. The van der Waals surface area contributed by atoms with Crippen LogP contribution < -0.4 is 5.32 Å². The first-order valence-electron chi connectivity index (χ1n) is 8.85. The number of thiophene rings is 1. The second-order valence-electron chi connectivity index (χ2n) is 6.51. The Bertz CT molecular complexity index is 705. The molecule has 0 aliphatic carbocycles. The van der Waals surface area contributed by atoms with Gasteiger partial charge in [0.1, 0.15) is 6.10 Å². The van der Waals surface area contributed by atoms with Crippen molar-refractivity contribution in [3.8, 4) is 0 Å². The summed E-state index contributed by atoms with van der Waals surface area (Å²) in [6.45, 7) is 7.71. The number of ether oxygens (including phenoxy) is 1. The van der Waals surface area contributed by atoms with Gasteiger partial charge in [-0.1, -0.05) is 37.3 Å². The largest absolute Gasteiger partial charge is 0.370 e. The van der Waals surface area contributed by atoms with Gasteiger partial charge in [0.05, 0.1) is 13.2 Å². The molecule has 1 fully saturated rings. The Labute approximate surface area is 177 Å². The summed E-state index contributed by atoms with van der Waals surface area (Å²) in [6.07, 6.45) is 0.100. The lowest BCUT2D eigenvalue weighted by Gasteiger charge is -2.36. The number of nitrogens with zero attached hydrogens (tertiary/aromatic N) is 2. The summed E-state index contributed by atoms with van der Waals surface area (Å²) in [4.78, 5) is 8.21. The van der Waals surface area contributed by atoms with Gasteiger partial charge in [0.25, 0.3) is 0 Å². The van der Waals surface area contributed by atoms with Crippen LogP contribution in [0.3, 0.4) is 0 Å². The summed E-state index contributed by atoms with van der Waals surface area (Å²) < 4.78 is 6.03. The van der Waals surface area contributed by atoms with Gasteiger partial charge in [-0.2, -0.15) is 0 Å². The summed E-state index contributed by atoms with van der Waals surface area (Å²) in [5.74, 6) is 1.44. The maximum Gasteiger partial charge on any atom is 0.193 e. The van der Waals surface area contributed by atoms with E-state index in [1.807, 2.05) is 18.4 Å². The molecule has 2 heterocycles. The van der Waals surface area contributed by atoms with E-state index in [4.69, 9.17) is 4.74 Å². The van der Waals surface area contributed by atoms with Crippen LogP contribution in [0, 0.1) is 6.92 Å². The average molecular weight is 485 g/mol. The van der Waals surface area contributed by atoms with Gasteiger partial charge in [-0.3, -0.25) is 4.99 Å². The van der Waals surface area contributed by atoms with Crippen LogP contribution in [-0.2, 0) is 4.74 Å². The van der Waals surface area contributed by atoms with Crippen molar-refractivity contribution in [2.75, 3.05) is 33.3 Å². The quantitative estimate of drug-likeness (QED) is 0.396. The van der Waals surface area contributed by atoms with Crippen LogP contribution in [-0.4, -0.2) is 44.1 Å². The maximum atomic E-state index is 6.03. The fourth-order valence-corrected chi connectivity index (χ4v) is 4.01. The molecule has 2 aromatic rings. The molecular formula is C20H28IN3OS. The van der Waals surface area contributed by atoms with Gasteiger partial charge in [0.15, 0.2) is 5.96 Å². The molecule has 1 aliphatic rings. The standard InChI is InChI=1S/C20H27N3OS.HI/c1-15-7-4-5-8-17(15)18-14-23(10-11-24-18)20(21-3)22-13-16(2)19-9-6-12-25-19;/h4-9,12,16,18H,10-11,13-14H2,1-3H3,(H,21,22);1H. The molecule has 3 rings (SSSR count). The smallest absolute Gasteiger partial charge is 0.193 e. The van der Waals surface area contributed by atoms with Crippen LogP contribution in [0.15, 0.2) is 46.8 Å². The molecule has 26 heavy (non-hydrogen) atoms. The zero-order valence-corrected chi connectivity index (χ0v) is 18.8. The molecular weight excluding hydrogens is 457 g/mol. The van der Waals surface area contributed by atoms with E-state index in [1.54, 1.807) is 0 Å². The normalized spacial score (nSPS) is 19.0. The summed E-state index contributed by atoms with van der Waals surface area (Å²) in [7, 11) is 1.86. The fraction of sp³-hybridized carbons (Fsp3) is 0.450. The third-order valence-corrected chi connectivity index (χ3v) is 5.81. The van der Waals surface area contributed by atoms with Crippen molar-refractivity contribution < 1.29 is 4.74 Å². The molecule has 142 valence electrons. The monoisotopic (exact) mass is 485 g/mol. The van der Waals surface area contributed by atoms with Crippen molar-refractivity contribution in [2.45, 2.75) is 25.9 Å². The van der Waals surface area contributed by atoms with Crippen LogP contribution >= 0.6 is 35.3 Å². The molecule has 1 aliphatic heterocycles. The number of guanidine groups is 1. The summed E-state index contributed by atoms with van der Waals surface area (Å²) in [5.41, 5.74) is 2.55. The zero-order valence-electron chi connectivity index (χ0n) is 15.6. The van der Waals surface area contributed by atoms with E-state index >= 15 is 0 Å². The van der Waals surface area contributed by atoms with E-state index in [1.165, 1.54) is 16.0 Å². The molecule has 0 saturated carbocycles. The van der Waals surface area contributed by atoms with E-state index in [2.05, 4.69) is 70.8 Å². The minimum absolute atomic E-state index is 0. The van der Waals surface area contributed by atoms with Crippen LogP contribution in [0.4, 0.5) is 0 Å². The van der Waals surface area contributed by atoms with Crippen molar-refractivity contribution >= 4 is 41.3 Å². The highest BCUT2D eigenvalue weighted by Crippen LogP contribution is 2.25. The van der Waals surface area contributed by atoms with Gasteiger partial charge in [-0.15, -0.1) is 35.3 Å². The molecule has 6 heteroatoms. The van der Waals surface area contributed by atoms with E-state index in [0.29, 0.717) is 5.92 Å². The molecule has 0 bridgehead atoms. The number of aliphatic imine (C=N–C) groups is 1. The number of hydrogen-bond acceptors (Lipinski definition) is 3. The van der Waals surface area contributed by atoms with Gasteiger partial charge in [0, 0.05) is 30.9 Å². The Morgan fingerprint density at radius 2 is 2.15 bits per heavy atom. The van der Waals surface area contributed by atoms with Gasteiger partial charge in [-0.05, 0) is 29.5 Å². The van der Waals surface area contributed by atoms with Crippen LogP contribution in [0.1, 0.15) is 34.9 Å². The van der Waals surface area contributed by atoms with Crippen molar-refractivity contribution in [3.05, 3.63) is 57.8 Å². The SMILES string of the molecule is CN=C(NCC(C)c1cccs1)N1CCOC(c2ccccc2C)C1.I. The van der Waals surface area contributed by atoms with Crippen LogP contribution in [0.5, 0.6) is 0 Å². The molecule has 0 amide bonds. The third-order valence-electron chi connectivity index (χ3n) is 4.71. The molecule has 4 nitrogen and oxygen atoms in total. The lowest BCUT2D eigenvalue weighted by Crippen LogP contribution is -2.48. The summed E-state index contributed by atoms with van der Waals surface area (Å²) in [5, 5.41) is 5.68. The first-order chi connectivity index (χ1) is 12.2. The molecule has 2 unspecified atom stereocenters. The predicted octanol–water partition coefficient (Wildman–Crippen LogP) is 4.43. The van der Waals surface area contributed by atoms with Gasteiger partial charge >= 0.3 is 0 Å². The van der Waals surface area contributed by atoms with Crippen molar-refractivity contribution in [1.82, 2.24) is 10.2 Å². The number of rotatable bonds is 4. The Morgan fingerprint density at radius 3 is 2.85 bits per heavy atom. The highest BCUT2D eigenvalue weighted by molar-refractivity contribution is 14.0. The van der Waals surface area contributed by atoms with Gasteiger partial charge in [0.2, 0.25) is 0 Å². The molecule has 1 N–H and O–H groups in total. The first-order valence-corrected chi connectivity index (χ1v) is 9.73. The summed E-state index contributed by atoms with van der Waals surface area (Å²) in [6, 6.07) is 12.8. The molecule has 0 spiro atoms. The number of hydrogen-bond donors (Lipinski definition) is 1. The Balaban J connectivity index is 0.00000243. The minimum Gasteiger partial charge on any atom is -0.370 e. The van der Waals surface area contributed by atoms with Gasteiger partial charge in [-0.25, -0.2) is 0 Å². The number of benzene rings is 1. The van der Waals surface area contributed by atoms with E-state index in [-0.39, 0.29) is 30.1 Å². The van der Waals surface area contributed by atoms with Crippen molar-refractivity contribution in [2.24, 2.45) is 4.99 Å². The zero-order chi connectivity index (χ0) is 17.6. The second kappa shape index (κ2) is 10.3. The molecule has 1 aromatic heterocycles. The third kappa shape index (κ3) is 5.20. The van der Waals surface area contributed by atoms with Gasteiger partial charge < -0.3 is 15.0 Å². The highest BCUT2D eigenvalue weighted by Gasteiger charge is 2.25. The number of halogens is 1. The average Bonchev–Trinajstić information content (AvgIpc) is 3.17. The lowest BCUT2D eigenvalue weighted by atomic mass is 10.0. The van der Waals surface area contributed by atoms with Crippen LogP contribution in [0.25, 0.3) is 0 Å². The first kappa shape index (κ1) is 21.2. The van der Waals surface area contributed by atoms with Crippen molar-refractivity contribution in [1.29, 1.82) is 0 Å². The Morgan fingerprint density at radius 1 is 1.35 bits per heavy atom. The maximum absolute atomic E-state index is 6.03. The lowest BCUT2D eigenvalue weighted by molar-refractivity contribution is -0.00831. The van der Waals surface area contributed by atoms with Crippen LogP contribution in [0.2, 0.25) is 0 Å². The Hall–Kier alpha value is -1.12. The number of aryl methyl sites for hydroxylation is 1. The molecule has 1 aromatic carbocycles. The molecule has 0 radical (unpaired) electrons. The minimum atomic E-state index is 0. The topological polar surface area (TPSA) is 36.9 Å². The second-order valence-corrected chi connectivity index (χ2v) is 7.49. The van der Waals surface area contributed by atoms with E-state index in [9.17, 15) is 0 Å². The highest BCUT2D eigenvalue weighted by atomic mass is 127. The van der Waals surface area contributed by atoms with E-state index in [0.717, 1.165) is 32.2 Å². The molecule has 1 saturated heterocycles. The summed E-state index contributed by atoms with van der Waals surface area (Å²) >= 11 is 1.81. The number of morpholine rings is 1. The van der Waals surface area contributed by atoms with E-state index < -0.39 is 0 Å². The molecule has 2 atom stereocenters. The number of nitrogens with one attached hydrogen (secondary N) is 1. The predicted molar refractivity (Wildman–Crippen MR) is 121 cm³/mol. The Kier molecular flexibility index (Phi) is 8.37.